The lowest BCUT2D eigenvalue weighted by atomic mass is 10.2. The summed E-state index contributed by atoms with van der Waals surface area (Å²) in [5.41, 5.74) is 8.19. The fourth-order valence-electron chi connectivity index (χ4n) is 1.99. The van der Waals surface area contributed by atoms with Crippen LogP contribution in [0.15, 0.2) is 24.3 Å². The largest absolute Gasteiger partial charge is 0.395 e. The van der Waals surface area contributed by atoms with Crippen LogP contribution in [0.4, 0.5) is 10.1 Å². The van der Waals surface area contributed by atoms with Gasteiger partial charge in [-0.15, -0.1) is 0 Å². The minimum absolute atomic E-state index is 0.290. The molecule has 0 spiro atoms. The van der Waals surface area contributed by atoms with Gasteiger partial charge in [-0.25, -0.2) is 4.39 Å². The Hall–Kier alpha value is -2.37. The lowest BCUT2D eigenvalue weighted by molar-refractivity contribution is 0.0942. The molecular weight excluding hydrogens is 259 g/mol. The molecule has 0 saturated carbocycles. The van der Waals surface area contributed by atoms with E-state index in [1.807, 2.05) is 6.92 Å². The van der Waals surface area contributed by atoms with Crippen LogP contribution >= 0.6 is 0 Å². The van der Waals surface area contributed by atoms with Crippen LogP contribution < -0.4 is 11.1 Å². The molecule has 0 aliphatic rings. The fourth-order valence-corrected chi connectivity index (χ4v) is 1.99. The summed E-state index contributed by atoms with van der Waals surface area (Å²) in [7, 11) is 1.68. The van der Waals surface area contributed by atoms with E-state index in [1.165, 1.54) is 16.8 Å². The summed E-state index contributed by atoms with van der Waals surface area (Å²) >= 11 is 0. The number of nitrogens with one attached hydrogen (secondary N) is 1. The van der Waals surface area contributed by atoms with E-state index in [4.69, 9.17) is 5.73 Å². The SMILES string of the molecule is CCc1nn(C)c(C(=O)NCc2ccc(F)cc2)c1N. The first-order valence-corrected chi connectivity index (χ1v) is 6.37. The van der Waals surface area contributed by atoms with E-state index in [1.54, 1.807) is 19.2 Å². The monoisotopic (exact) mass is 276 g/mol. The van der Waals surface area contributed by atoms with Crippen LogP contribution in [-0.2, 0) is 20.0 Å². The maximum absolute atomic E-state index is 12.8. The van der Waals surface area contributed by atoms with Crippen molar-refractivity contribution in [1.82, 2.24) is 15.1 Å². The summed E-state index contributed by atoms with van der Waals surface area (Å²) in [6.45, 7) is 2.24. The normalized spacial score (nSPS) is 10.6. The van der Waals surface area contributed by atoms with Gasteiger partial charge in [-0.1, -0.05) is 19.1 Å². The zero-order chi connectivity index (χ0) is 14.7. The molecule has 106 valence electrons. The first-order valence-electron chi connectivity index (χ1n) is 6.37. The number of carbonyl (C=O) groups is 1. The van der Waals surface area contributed by atoms with Gasteiger partial charge in [0.05, 0.1) is 11.4 Å². The molecular formula is C14H17FN4O. The highest BCUT2D eigenvalue weighted by atomic mass is 19.1. The highest BCUT2D eigenvalue weighted by Gasteiger charge is 2.18. The zero-order valence-corrected chi connectivity index (χ0v) is 11.5. The summed E-state index contributed by atoms with van der Waals surface area (Å²) in [4.78, 5) is 12.1. The maximum Gasteiger partial charge on any atom is 0.271 e. The molecule has 6 heteroatoms. The van der Waals surface area contributed by atoms with Crippen molar-refractivity contribution in [3.8, 4) is 0 Å². The number of benzene rings is 1. The number of halogens is 1. The van der Waals surface area contributed by atoms with Gasteiger partial charge in [0, 0.05) is 13.6 Å². The van der Waals surface area contributed by atoms with Gasteiger partial charge in [-0.05, 0) is 24.1 Å². The van der Waals surface area contributed by atoms with Gasteiger partial charge < -0.3 is 11.1 Å². The van der Waals surface area contributed by atoms with Crippen LogP contribution in [0.3, 0.4) is 0 Å². The van der Waals surface area contributed by atoms with E-state index in [9.17, 15) is 9.18 Å². The van der Waals surface area contributed by atoms with Crippen molar-refractivity contribution in [2.75, 3.05) is 5.73 Å². The molecule has 0 bridgehead atoms. The van der Waals surface area contributed by atoms with E-state index in [0.29, 0.717) is 30.0 Å². The number of nitrogens with two attached hydrogens (primary N) is 1. The molecule has 5 nitrogen and oxygen atoms in total. The van der Waals surface area contributed by atoms with Gasteiger partial charge in [0.2, 0.25) is 0 Å². The second kappa shape index (κ2) is 5.73. The summed E-state index contributed by atoms with van der Waals surface area (Å²) < 4.78 is 14.3. The number of rotatable bonds is 4. The molecule has 1 aromatic carbocycles. The quantitative estimate of drug-likeness (QED) is 0.891. The molecule has 0 atom stereocenters. The molecule has 0 aliphatic carbocycles. The van der Waals surface area contributed by atoms with Gasteiger partial charge in [0.25, 0.3) is 5.91 Å². The Kier molecular flexibility index (Phi) is 4.02. The van der Waals surface area contributed by atoms with E-state index in [-0.39, 0.29) is 11.7 Å². The topological polar surface area (TPSA) is 72.9 Å². The summed E-state index contributed by atoms with van der Waals surface area (Å²) in [6, 6.07) is 5.96. The highest BCUT2D eigenvalue weighted by Crippen LogP contribution is 2.16. The van der Waals surface area contributed by atoms with Crippen molar-refractivity contribution >= 4 is 11.6 Å². The number of aryl methyl sites for hydroxylation is 2. The average molecular weight is 276 g/mol. The fraction of sp³-hybridized carbons (Fsp3) is 0.286. The Bertz CT molecular complexity index is 619. The number of nitrogen functional groups attached to an aromatic ring is 1. The summed E-state index contributed by atoms with van der Waals surface area (Å²) in [5, 5.41) is 6.95. The third-order valence-corrected chi connectivity index (χ3v) is 3.08. The van der Waals surface area contributed by atoms with Crippen molar-refractivity contribution in [1.29, 1.82) is 0 Å². The zero-order valence-electron chi connectivity index (χ0n) is 11.5. The van der Waals surface area contributed by atoms with Gasteiger partial charge in [-0.2, -0.15) is 5.10 Å². The lowest BCUT2D eigenvalue weighted by Crippen LogP contribution is -2.26. The third-order valence-electron chi connectivity index (χ3n) is 3.08. The second-order valence-electron chi connectivity index (χ2n) is 4.50. The van der Waals surface area contributed by atoms with Crippen molar-refractivity contribution in [2.45, 2.75) is 19.9 Å². The van der Waals surface area contributed by atoms with Gasteiger partial charge in [-0.3, -0.25) is 9.48 Å². The molecule has 2 rings (SSSR count). The smallest absolute Gasteiger partial charge is 0.271 e. The van der Waals surface area contributed by atoms with Crippen LogP contribution in [0.5, 0.6) is 0 Å². The Morgan fingerprint density at radius 1 is 1.40 bits per heavy atom. The molecule has 2 aromatic rings. The first-order chi connectivity index (χ1) is 9.52. The molecule has 0 unspecified atom stereocenters. The van der Waals surface area contributed by atoms with E-state index < -0.39 is 0 Å². The van der Waals surface area contributed by atoms with Crippen LogP contribution in [0, 0.1) is 5.82 Å². The van der Waals surface area contributed by atoms with Crippen molar-refractivity contribution in [2.24, 2.45) is 7.05 Å². The van der Waals surface area contributed by atoms with Gasteiger partial charge >= 0.3 is 0 Å². The minimum atomic E-state index is -0.302. The van der Waals surface area contributed by atoms with E-state index >= 15 is 0 Å². The first kappa shape index (κ1) is 14.0. The molecule has 0 radical (unpaired) electrons. The minimum Gasteiger partial charge on any atom is -0.395 e. The van der Waals surface area contributed by atoms with Gasteiger partial charge in [0.1, 0.15) is 11.5 Å². The number of anilines is 1. The third kappa shape index (κ3) is 2.79. The molecule has 0 saturated heterocycles. The van der Waals surface area contributed by atoms with E-state index in [2.05, 4.69) is 10.4 Å². The molecule has 0 fully saturated rings. The van der Waals surface area contributed by atoms with Crippen LogP contribution in [0.25, 0.3) is 0 Å². The maximum atomic E-state index is 12.8. The molecule has 1 heterocycles. The number of amides is 1. The Morgan fingerprint density at radius 2 is 2.05 bits per heavy atom. The number of hydrogen-bond donors (Lipinski definition) is 2. The molecule has 20 heavy (non-hydrogen) atoms. The Balaban J connectivity index is 2.09. The van der Waals surface area contributed by atoms with Crippen molar-refractivity contribution in [3.05, 3.63) is 47.0 Å². The van der Waals surface area contributed by atoms with E-state index in [0.717, 1.165) is 5.56 Å². The number of nitrogens with zero attached hydrogens (tertiary/aromatic N) is 2. The molecule has 1 aromatic heterocycles. The van der Waals surface area contributed by atoms with Crippen LogP contribution in [0.1, 0.15) is 28.7 Å². The summed E-state index contributed by atoms with van der Waals surface area (Å²) in [5.74, 6) is -0.593. The number of hydrogen-bond acceptors (Lipinski definition) is 3. The summed E-state index contributed by atoms with van der Waals surface area (Å²) in [6.07, 6.45) is 0.672. The molecule has 1 amide bonds. The van der Waals surface area contributed by atoms with Crippen molar-refractivity contribution < 1.29 is 9.18 Å². The lowest BCUT2D eigenvalue weighted by Gasteiger charge is -2.06. The average Bonchev–Trinajstić information content (AvgIpc) is 2.72. The second-order valence-corrected chi connectivity index (χ2v) is 4.50. The number of carbonyl (C=O) groups excluding carboxylic acids is 1. The predicted octanol–water partition coefficient (Wildman–Crippen LogP) is 1.63. The Morgan fingerprint density at radius 3 is 2.60 bits per heavy atom. The van der Waals surface area contributed by atoms with Crippen molar-refractivity contribution in [3.63, 3.8) is 0 Å². The standard InChI is InChI=1S/C14H17FN4O/c1-3-11-12(16)13(19(2)18-11)14(20)17-8-9-4-6-10(15)7-5-9/h4-7H,3,8,16H2,1-2H3,(H,17,20). The highest BCUT2D eigenvalue weighted by molar-refractivity contribution is 5.97. The molecule has 0 aliphatic heterocycles. The van der Waals surface area contributed by atoms with Gasteiger partial charge in [0.15, 0.2) is 0 Å². The number of aromatic nitrogens is 2. The van der Waals surface area contributed by atoms with Crippen LogP contribution in [0.2, 0.25) is 0 Å². The van der Waals surface area contributed by atoms with Crippen LogP contribution in [-0.4, -0.2) is 15.7 Å². The predicted molar refractivity (Wildman–Crippen MR) is 74.6 cm³/mol. The Labute approximate surface area is 116 Å². The molecule has 3 N–H and O–H groups in total.